The first-order valence-electron chi connectivity index (χ1n) is 5.41. The molecule has 0 aromatic heterocycles. The molecule has 1 rings (SSSR count). The lowest BCUT2D eigenvalue weighted by Crippen LogP contribution is -2.28. The average Bonchev–Trinajstić information content (AvgIpc) is 2.25. The average molecular weight is 246 g/mol. The number of benzene rings is 1. The highest BCUT2D eigenvalue weighted by molar-refractivity contribution is 6.31. The van der Waals surface area contributed by atoms with Gasteiger partial charge in [-0.25, -0.2) is 4.39 Å². The Morgan fingerprint density at radius 2 is 2.19 bits per heavy atom. The van der Waals surface area contributed by atoms with Crippen LogP contribution >= 0.6 is 11.6 Å². The van der Waals surface area contributed by atoms with Crippen molar-refractivity contribution < 1.29 is 9.50 Å². The van der Waals surface area contributed by atoms with Gasteiger partial charge in [-0.05, 0) is 31.0 Å². The Labute approximate surface area is 100 Å². The Kier molecular flexibility index (Phi) is 5.19. The molecule has 0 saturated carbocycles. The van der Waals surface area contributed by atoms with Crippen LogP contribution in [0.2, 0.25) is 5.02 Å². The monoisotopic (exact) mass is 245 g/mol. The lowest BCUT2D eigenvalue weighted by molar-refractivity contribution is 0.164. The minimum absolute atomic E-state index is 0.00528. The van der Waals surface area contributed by atoms with Crippen LogP contribution in [0, 0.1) is 5.82 Å². The molecule has 0 aliphatic rings. The van der Waals surface area contributed by atoms with Crippen LogP contribution in [0.1, 0.15) is 31.9 Å². The molecule has 1 unspecified atom stereocenters. The Balaban J connectivity index is 2.62. The maximum Gasteiger partial charge on any atom is 0.124 e. The van der Waals surface area contributed by atoms with Gasteiger partial charge in [0.2, 0.25) is 0 Å². The van der Waals surface area contributed by atoms with Crippen molar-refractivity contribution in [3.05, 3.63) is 34.6 Å². The lowest BCUT2D eigenvalue weighted by atomic mass is 10.1. The molecule has 0 spiro atoms. The van der Waals surface area contributed by atoms with Gasteiger partial charge in [-0.2, -0.15) is 0 Å². The quantitative estimate of drug-likeness (QED) is 0.836. The van der Waals surface area contributed by atoms with Crippen molar-refractivity contribution in [2.24, 2.45) is 0 Å². The molecule has 2 nitrogen and oxygen atoms in total. The number of halogens is 2. The molecule has 0 fully saturated rings. The highest BCUT2D eigenvalue weighted by atomic mass is 35.5. The van der Waals surface area contributed by atoms with E-state index in [9.17, 15) is 9.50 Å². The molecular formula is C12H17ClFNO. The lowest BCUT2D eigenvalue weighted by Gasteiger charge is -2.17. The molecule has 0 radical (unpaired) electrons. The summed E-state index contributed by atoms with van der Waals surface area (Å²) in [6.07, 6.45) is 0.346. The van der Waals surface area contributed by atoms with Crippen molar-refractivity contribution >= 4 is 11.6 Å². The number of hydrogen-bond acceptors (Lipinski definition) is 2. The van der Waals surface area contributed by atoms with E-state index in [-0.39, 0.29) is 18.0 Å². The van der Waals surface area contributed by atoms with E-state index in [2.05, 4.69) is 5.32 Å². The van der Waals surface area contributed by atoms with E-state index < -0.39 is 0 Å². The van der Waals surface area contributed by atoms with Crippen molar-refractivity contribution in [2.45, 2.75) is 32.4 Å². The third-order valence-electron chi connectivity index (χ3n) is 2.56. The van der Waals surface area contributed by atoms with Crippen LogP contribution in [0.25, 0.3) is 0 Å². The van der Waals surface area contributed by atoms with Gasteiger partial charge in [0, 0.05) is 17.6 Å². The van der Waals surface area contributed by atoms with E-state index in [0.29, 0.717) is 18.0 Å². The molecule has 0 aliphatic heterocycles. The first-order chi connectivity index (χ1) is 7.54. The molecule has 90 valence electrons. The number of aliphatic hydroxyl groups is 1. The van der Waals surface area contributed by atoms with Gasteiger partial charge in [0.1, 0.15) is 5.82 Å². The summed E-state index contributed by atoms with van der Waals surface area (Å²) < 4.78 is 12.8. The van der Waals surface area contributed by atoms with E-state index in [4.69, 9.17) is 11.6 Å². The molecule has 2 atom stereocenters. The summed E-state index contributed by atoms with van der Waals surface area (Å²) in [7, 11) is 0. The first kappa shape index (κ1) is 13.4. The molecule has 2 N–H and O–H groups in total. The van der Waals surface area contributed by atoms with Crippen LogP contribution in [0.3, 0.4) is 0 Å². The minimum atomic E-state index is -0.360. The molecule has 1 aromatic rings. The second-order valence-electron chi connectivity index (χ2n) is 3.86. The van der Waals surface area contributed by atoms with Crippen LogP contribution < -0.4 is 5.32 Å². The van der Waals surface area contributed by atoms with Gasteiger partial charge < -0.3 is 10.4 Å². The van der Waals surface area contributed by atoms with Gasteiger partial charge in [0.25, 0.3) is 0 Å². The number of aliphatic hydroxyl groups excluding tert-OH is 1. The largest absolute Gasteiger partial charge is 0.392 e. The van der Waals surface area contributed by atoms with Gasteiger partial charge >= 0.3 is 0 Å². The van der Waals surface area contributed by atoms with Crippen molar-refractivity contribution in [1.29, 1.82) is 0 Å². The van der Waals surface area contributed by atoms with Crippen molar-refractivity contribution in [3.63, 3.8) is 0 Å². The topological polar surface area (TPSA) is 32.3 Å². The molecule has 0 amide bonds. The maximum absolute atomic E-state index is 12.8. The Morgan fingerprint density at radius 1 is 1.50 bits per heavy atom. The molecule has 1 aromatic carbocycles. The Bertz CT molecular complexity index is 346. The second kappa shape index (κ2) is 6.18. The van der Waals surface area contributed by atoms with Crippen molar-refractivity contribution in [1.82, 2.24) is 5.32 Å². The normalized spacial score (nSPS) is 14.8. The summed E-state index contributed by atoms with van der Waals surface area (Å²) in [4.78, 5) is 0. The van der Waals surface area contributed by atoms with Gasteiger partial charge in [-0.1, -0.05) is 24.6 Å². The molecule has 0 saturated heterocycles. The number of hydrogen-bond donors (Lipinski definition) is 2. The molecule has 0 heterocycles. The zero-order valence-electron chi connectivity index (χ0n) is 9.50. The summed E-state index contributed by atoms with van der Waals surface area (Å²) in [5.74, 6) is -0.338. The highest BCUT2D eigenvalue weighted by Crippen LogP contribution is 2.23. The number of rotatable bonds is 5. The minimum Gasteiger partial charge on any atom is -0.392 e. The van der Waals surface area contributed by atoms with Gasteiger partial charge in [-0.15, -0.1) is 0 Å². The predicted molar refractivity (Wildman–Crippen MR) is 64.1 cm³/mol. The summed E-state index contributed by atoms with van der Waals surface area (Å²) in [6.45, 7) is 4.36. The van der Waals surface area contributed by atoms with Crippen molar-refractivity contribution in [3.8, 4) is 0 Å². The molecule has 0 bridgehead atoms. The van der Waals surface area contributed by atoms with Crippen LogP contribution in [-0.2, 0) is 0 Å². The van der Waals surface area contributed by atoms with Crippen LogP contribution in [-0.4, -0.2) is 17.8 Å². The van der Waals surface area contributed by atoms with E-state index in [0.717, 1.165) is 5.56 Å². The fourth-order valence-electron chi connectivity index (χ4n) is 1.42. The number of nitrogens with one attached hydrogen (secondary N) is 1. The fraction of sp³-hybridized carbons (Fsp3) is 0.500. The summed E-state index contributed by atoms with van der Waals surface area (Å²) in [5, 5.41) is 13.0. The molecule has 4 heteroatoms. The third-order valence-corrected chi connectivity index (χ3v) is 2.89. The summed E-state index contributed by atoms with van der Waals surface area (Å²) in [5.41, 5.74) is 0.839. The van der Waals surface area contributed by atoms with Gasteiger partial charge in [-0.3, -0.25) is 0 Å². The zero-order chi connectivity index (χ0) is 12.1. The highest BCUT2D eigenvalue weighted by Gasteiger charge is 2.11. The maximum atomic E-state index is 12.8. The van der Waals surface area contributed by atoms with Gasteiger partial charge in [0.05, 0.1) is 6.10 Å². The standard InChI is InChI=1S/C12H17ClFNO/c1-3-10(16)7-15-8(2)11-5-4-9(14)6-12(11)13/h4-6,8,10,15-16H,3,7H2,1-2H3/t8?,10-/m1/s1. The fourth-order valence-corrected chi connectivity index (χ4v) is 1.75. The predicted octanol–water partition coefficient (Wildman–Crippen LogP) is 2.90. The van der Waals surface area contributed by atoms with Crippen molar-refractivity contribution in [2.75, 3.05) is 6.54 Å². The van der Waals surface area contributed by atoms with E-state index in [1.54, 1.807) is 6.07 Å². The zero-order valence-corrected chi connectivity index (χ0v) is 10.3. The molecular weight excluding hydrogens is 229 g/mol. The summed E-state index contributed by atoms with van der Waals surface area (Å²) >= 11 is 5.93. The SMILES string of the molecule is CC[C@@H](O)CNC(C)c1ccc(F)cc1Cl. The van der Waals surface area contributed by atoms with Crippen LogP contribution in [0.5, 0.6) is 0 Å². The molecule has 0 aliphatic carbocycles. The third kappa shape index (κ3) is 3.74. The first-order valence-corrected chi connectivity index (χ1v) is 5.78. The smallest absolute Gasteiger partial charge is 0.124 e. The van der Waals surface area contributed by atoms with E-state index in [1.165, 1.54) is 12.1 Å². The molecule has 16 heavy (non-hydrogen) atoms. The Morgan fingerprint density at radius 3 is 2.75 bits per heavy atom. The van der Waals surface area contributed by atoms with E-state index >= 15 is 0 Å². The van der Waals surface area contributed by atoms with Crippen LogP contribution in [0.15, 0.2) is 18.2 Å². The second-order valence-corrected chi connectivity index (χ2v) is 4.27. The van der Waals surface area contributed by atoms with Gasteiger partial charge in [0.15, 0.2) is 0 Å². The van der Waals surface area contributed by atoms with Crippen LogP contribution in [0.4, 0.5) is 4.39 Å². The summed E-state index contributed by atoms with van der Waals surface area (Å²) in [6, 6.07) is 4.34. The van der Waals surface area contributed by atoms with E-state index in [1.807, 2.05) is 13.8 Å². The Hall–Kier alpha value is -0.640.